The van der Waals surface area contributed by atoms with E-state index in [-0.39, 0.29) is 17.1 Å². The SMILES string of the molecule is COc1cc2nccc(Oc3ccc(NC(N)=O)c([N+](=O)[O-])c3)c2cc1OC. The van der Waals surface area contributed by atoms with Gasteiger partial charge >= 0.3 is 6.03 Å². The predicted molar refractivity (Wildman–Crippen MR) is 101 cm³/mol. The second-order valence-corrected chi connectivity index (χ2v) is 5.56. The molecule has 0 radical (unpaired) electrons. The zero-order valence-corrected chi connectivity index (χ0v) is 15.0. The number of anilines is 1. The van der Waals surface area contributed by atoms with Crippen LogP contribution in [0.4, 0.5) is 16.2 Å². The molecule has 0 aliphatic rings. The molecule has 0 saturated carbocycles. The first kappa shape index (κ1) is 18.7. The molecule has 2 aromatic carbocycles. The summed E-state index contributed by atoms with van der Waals surface area (Å²) in [5.41, 5.74) is 5.25. The van der Waals surface area contributed by atoms with Crippen molar-refractivity contribution >= 4 is 28.3 Å². The molecular formula is C18H16N4O6. The lowest BCUT2D eigenvalue weighted by Crippen LogP contribution is -2.19. The van der Waals surface area contributed by atoms with Gasteiger partial charge in [-0.1, -0.05) is 0 Å². The molecule has 0 atom stereocenters. The van der Waals surface area contributed by atoms with E-state index in [0.29, 0.717) is 28.2 Å². The lowest BCUT2D eigenvalue weighted by atomic mass is 10.1. The quantitative estimate of drug-likeness (QED) is 0.490. The van der Waals surface area contributed by atoms with Crippen LogP contribution in [0.3, 0.4) is 0 Å². The number of urea groups is 1. The number of rotatable bonds is 6. The molecule has 3 N–H and O–H groups in total. The van der Waals surface area contributed by atoms with E-state index >= 15 is 0 Å². The maximum atomic E-state index is 11.3. The van der Waals surface area contributed by atoms with E-state index in [1.165, 1.54) is 32.4 Å². The van der Waals surface area contributed by atoms with Gasteiger partial charge in [0.2, 0.25) is 0 Å². The maximum Gasteiger partial charge on any atom is 0.316 e. The molecule has 3 rings (SSSR count). The number of carbonyl (C=O) groups excluding carboxylic acids is 1. The van der Waals surface area contributed by atoms with Crippen LogP contribution in [-0.2, 0) is 0 Å². The van der Waals surface area contributed by atoms with Crippen LogP contribution in [0, 0.1) is 10.1 Å². The molecule has 0 saturated heterocycles. The maximum absolute atomic E-state index is 11.3. The summed E-state index contributed by atoms with van der Waals surface area (Å²) in [5.74, 6) is 1.61. The number of primary amides is 1. The molecule has 28 heavy (non-hydrogen) atoms. The van der Waals surface area contributed by atoms with Gasteiger partial charge in [0.05, 0.1) is 30.7 Å². The molecule has 3 aromatic rings. The molecule has 10 heteroatoms. The first-order valence-electron chi connectivity index (χ1n) is 7.96. The van der Waals surface area contributed by atoms with Crippen LogP contribution in [0.2, 0.25) is 0 Å². The largest absolute Gasteiger partial charge is 0.493 e. The van der Waals surface area contributed by atoms with E-state index < -0.39 is 11.0 Å². The van der Waals surface area contributed by atoms with Crippen molar-refractivity contribution in [3.63, 3.8) is 0 Å². The molecule has 0 aliphatic carbocycles. The third-order valence-corrected chi connectivity index (χ3v) is 3.86. The Kier molecular flexibility index (Phi) is 5.12. The summed E-state index contributed by atoms with van der Waals surface area (Å²) < 4.78 is 16.4. The van der Waals surface area contributed by atoms with E-state index in [0.717, 1.165) is 0 Å². The fraction of sp³-hybridized carbons (Fsp3) is 0.111. The van der Waals surface area contributed by atoms with E-state index in [4.69, 9.17) is 19.9 Å². The molecule has 1 heterocycles. The smallest absolute Gasteiger partial charge is 0.316 e. The number of hydrogen-bond donors (Lipinski definition) is 2. The Labute approximate surface area is 159 Å². The third-order valence-electron chi connectivity index (χ3n) is 3.86. The topological polar surface area (TPSA) is 139 Å². The number of pyridine rings is 1. The molecule has 0 bridgehead atoms. The lowest BCUT2D eigenvalue weighted by Gasteiger charge is -2.12. The Morgan fingerprint density at radius 2 is 1.82 bits per heavy atom. The zero-order valence-electron chi connectivity index (χ0n) is 15.0. The molecule has 144 valence electrons. The van der Waals surface area contributed by atoms with Gasteiger partial charge in [-0.3, -0.25) is 15.1 Å². The summed E-state index contributed by atoms with van der Waals surface area (Å²) in [5, 5.41) is 14.1. The molecular weight excluding hydrogens is 368 g/mol. The van der Waals surface area contributed by atoms with Gasteiger partial charge in [0.1, 0.15) is 17.2 Å². The van der Waals surface area contributed by atoms with Crippen molar-refractivity contribution in [3.8, 4) is 23.0 Å². The number of ether oxygens (including phenoxy) is 3. The zero-order chi connectivity index (χ0) is 20.3. The van der Waals surface area contributed by atoms with Gasteiger partial charge in [-0.25, -0.2) is 4.79 Å². The summed E-state index contributed by atoms with van der Waals surface area (Å²) in [7, 11) is 3.03. The van der Waals surface area contributed by atoms with Crippen molar-refractivity contribution in [3.05, 3.63) is 52.7 Å². The number of nitrogens with two attached hydrogens (primary N) is 1. The van der Waals surface area contributed by atoms with Crippen LogP contribution >= 0.6 is 0 Å². The average molecular weight is 384 g/mol. The minimum absolute atomic E-state index is 0.0316. The highest BCUT2D eigenvalue weighted by Gasteiger charge is 2.18. The van der Waals surface area contributed by atoms with Crippen molar-refractivity contribution in [1.82, 2.24) is 4.98 Å². The predicted octanol–water partition coefficient (Wildman–Crippen LogP) is 3.44. The van der Waals surface area contributed by atoms with Crippen LogP contribution in [0.5, 0.6) is 23.0 Å². The monoisotopic (exact) mass is 384 g/mol. The van der Waals surface area contributed by atoms with Gasteiger partial charge in [-0.15, -0.1) is 0 Å². The number of aromatic nitrogens is 1. The van der Waals surface area contributed by atoms with Gasteiger partial charge in [0.15, 0.2) is 11.5 Å². The number of nitro groups is 1. The summed E-state index contributed by atoms with van der Waals surface area (Å²) in [6, 6.07) is 8.12. The first-order chi connectivity index (χ1) is 13.4. The number of nitrogens with one attached hydrogen (secondary N) is 1. The van der Waals surface area contributed by atoms with E-state index in [1.54, 1.807) is 24.4 Å². The van der Waals surface area contributed by atoms with Gasteiger partial charge in [0, 0.05) is 17.6 Å². The molecule has 0 spiro atoms. The first-order valence-corrected chi connectivity index (χ1v) is 7.96. The summed E-state index contributed by atoms with van der Waals surface area (Å²) >= 11 is 0. The Bertz CT molecular complexity index is 1070. The number of fused-ring (bicyclic) bond motifs is 1. The fourth-order valence-electron chi connectivity index (χ4n) is 2.63. The van der Waals surface area contributed by atoms with Crippen molar-refractivity contribution < 1.29 is 23.9 Å². The fourth-order valence-corrected chi connectivity index (χ4v) is 2.63. The van der Waals surface area contributed by atoms with Crippen LogP contribution in [0.25, 0.3) is 10.9 Å². The minimum Gasteiger partial charge on any atom is -0.493 e. The van der Waals surface area contributed by atoms with Crippen LogP contribution < -0.4 is 25.3 Å². The third kappa shape index (κ3) is 3.70. The number of methoxy groups -OCH3 is 2. The highest BCUT2D eigenvalue weighted by Crippen LogP contribution is 2.38. The number of amides is 2. The van der Waals surface area contributed by atoms with Crippen LogP contribution in [0.1, 0.15) is 0 Å². The van der Waals surface area contributed by atoms with Gasteiger partial charge < -0.3 is 25.3 Å². The summed E-state index contributed by atoms with van der Waals surface area (Å²) in [6.45, 7) is 0. The van der Waals surface area contributed by atoms with Crippen LogP contribution in [0.15, 0.2) is 42.6 Å². The molecule has 2 amide bonds. The van der Waals surface area contributed by atoms with Crippen LogP contribution in [-0.4, -0.2) is 30.2 Å². The normalized spacial score (nSPS) is 10.4. The second kappa shape index (κ2) is 7.66. The van der Waals surface area contributed by atoms with Gasteiger partial charge in [0.25, 0.3) is 5.69 Å². The Balaban J connectivity index is 2.04. The van der Waals surface area contributed by atoms with E-state index in [9.17, 15) is 14.9 Å². The van der Waals surface area contributed by atoms with Crippen molar-refractivity contribution in [2.45, 2.75) is 0 Å². The van der Waals surface area contributed by atoms with E-state index in [1.807, 2.05) is 0 Å². The Hall–Kier alpha value is -4.08. The number of benzene rings is 2. The number of carbonyl (C=O) groups is 1. The summed E-state index contributed by atoms with van der Waals surface area (Å²) in [4.78, 5) is 25.9. The van der Waals surface area contributed by atoms with Gasteiger partial charge in [-0.05, 0) is 24.3 Å². The highest BCUT2D eigenvalue weighted by molar-refractivity contribution is 5.91. The van der Waals surface area contributed by atoms with Crippen molar-refractivity contribution in [2.75, 3.05) is 19.5 Å². The standard InChI is InChI=1S/C18H16N4O6/c1-26-16-8-11-13(9-17(16)27-2)20-6-5-15(11)28-10-3-4-12(21-18(19)23)14(7-10)22(24)25/h3-9H,1-2H3,(H3,19,21,23). The lowest BCUT2D eigenvalue weighted by molar-refractivity contribution is -0.384. The Morgan fingerprint density at radius 3 is 2.46 bits per heavy atom. The minimum atomic E-state index is -0.905. The average Bonchev–Trinajstić information content (AvgIpc) is 2.67. The summed E-state index contributed by atoms with van der Waals surface area (Å²) in [6.07, 6.45) is 1.54. The van der Waals surface area contributed by atoms with E-state index in [2.05, 4.69) is 10.3 Å². The Morgan fingerprint density at radius 1 is 1.11 bits per heavy atom. The van der Waals surface area contributed by atoms with Gasteiger partial charge in [-0.2, -0.15) is 0 Å². The number of nitrogens with zero attached hydrogens (tertiary/aromatic N) is 2. The molecule has 0 unspecified atom stereocenters. The molecule has 0 fully saturated rings. The second-order valence-electron chi connectivity index (χ2n) is 5.56. The highest BCUT2D eigenvalue weighted by atomic mass is 16.6. The molecule has 10 nitrogen and oxygen atoms in total. The number of hydrogen-bond acceptors (Lipinski definition) is 7. The molecule has 0 aliphatic heterocycles. The van der Waals surface area contributed by atoms with Crippen molar-refractivity contribution in [2.24, 2.45) is 5.73 Å². The number of nitro benzene ring substituents is 1. The van der Waals surface area contributed by atoms with Crippen molar-refractivity contribution in [1.29, 1.82) is 0 Å². The molecule has 1 aromatic heterocycles.